The van der Waals surface area contributed by atoms with Crippen molar-refractivity contribution in [3.8, 4) is 17.8 Å². The summed E-state index contributed by atoms with van der Waals surface area (Å²) >= 11 is 0. The van der Waals surface area contributed by atoms with E-state index >= 15 is 0 Å². The molecule has 3 heterocycles. The fourth-order valence-electron chi connectivity index (χ4n) is 3.01. The van der Waals surface area contributed by atoms with Crippen LogP contribution in [0.3, 0.4) is 0 Å². The maximum Gasteiger partial charge on any atom is 0.297 e. The zero-order chi connectivity index (χ0) is 18.3. The van der Waals surface area contributed by atoms with Gasteiger partial charge >= 0.3 is 0 Å². The number of ether oxygens (including phenoxy) is 2. The Hall–Kier alpha value is -3.07. The van der Waals surface area contributed by atoms with Crippen LogP contribution in [-0.4, -0.2) is 27.2 Å². The fraction of sp³-hybridized carbons (Fsp3) is 0.350. The standard InChI is InChI=1S/C20H20N4O2/c1-20(2,3)18-7-5-14(10-22-18)25-12-15-11-24-17-8-13(9-21)4-6-16(17)23-19(24)26-15/h4-8,10,15H,11-12H2,1-3H3/t15-/m0/s1. The molecule has 6 nitrogen and oxygen atoms in total. The van der Waals surface area contributed by atoms with E-state index in [1.807, 2.05) is 28.8 Å². The number of rotatable bonds is 3. The molecular formula is C20H20N4O2. The zero-order valence-electron chi connectivity index (χ0n) is 15.1. The molecule has 1 aliphatic heterocycles. The Kier molecular flexibility index (Phi) is 3.80. The molecule has 0 spiro atoms. The highest BCUT2D eigenvalue weighted by atomic mass is 16.6. The van der Waals surface area contributed by atoms with Crippen molar-refractivity contribution in [2.45, 2.75) is 38.8 Å². The maximum atomic E-state index is 9.08. The molecule has 0 bridgehead atoms. The summed E-state index contributed by atoms with van der Waals surface area (Å²) in [5.41, 5.74) is 3.41. The van der Waals surface area contributed by atoms with Gasteiger partial charge in [-0.3, -0.25) is 9.55 Å². The Bertz CT molecular complexity index is 994. The molecule has 4 rings (SSSR count). The van der Waals surface area contributed by atoms with Crippen LogP contribution in [0.5, 0.6) is 11.8 Å². The van der Waals surface area contributed by atoms with E-state index in [1.54, 1.807) is 12.3 Å². The Morgan fingerprint density at radius 2 is 2.15 bits per heavy atom. The average molecular weight is 348 g/mol. The normalized spacial score (nSPS) is 16.2. The van der Waals surface area contributed by atoms with Gasteiger partial charge in [-0.1, -0.05) is 20.8 Å². The van der Waals surface area contributed by atoms with E-state index < -0.39 is 0 Å². The van der Waals surface area contributed by atoms with Gasteiger partial charge in [-0.25, -0.2) is 0 Å². The first-order valence-electron chi connectivity index (χ1n) is 8.60. The van der Waals surface area contributed by atoms with E-state index in [1.165, 1.54) is 0 Å². The number of nitriles is 1. The largest absolute Gasteiger partial charge is 0.488 e. The minimum Gasteiger partial charge on any atom is -0.488 e. The van der Waals surface area contributed by atoms with Crippen molar-refractivity contribution in [3.63, 3.8) is 0 Å². The molecule has 6 heteroatoms. The summed E-state index contributed by atoms with van der Waals surface area (Å²) < 4.78 is 13.7. The number of hydrogen-bond acceptors (Lipinski definition) is 5. The molecule has 0 unspecified atom stereocenters. The van der Waals surface area contributed by atoms with Gasteiger partial charge in [-0.15, -0.1) is 0 Å². The number of hydrogen-bond donors (Lipinski definition) is 0. The lowest BCUT2D eigenvalue weighted by atomic mass is 9.92. The Balaban J connectivity index is 1.43. The molecule has 132 valence electrons. The topological polar surface area (TPSA) is 73.0 Å². The Morgan fingerprint density at radius 3 is 2.85 bits per heavy atom. The van der Waals surface area contributed by atoms with Crippen molar-refractivity contribution in [1.82, 2.24) is 14.5 Å². The Labute approximate surface area is 152 Å². The van der Waals surface area contributed by atoms with Crippen molar-refractivity contribution in [1.29, 1.82) is 5.26 Å². The van der Waals surface area contributed by atoms with Gasteiger partial charge in [0.15, 0.2) is 6.10 Å². The molecule has 0 N–H and O–H groups in total. The minimum absolute atomic E-state index is 0.0195. The second-order valence-corrected chi connectivity index (χ2v) is 7.50. The molecule has 1 aliphatic rings. The number of fused-ring (bicyclic) bond motifs is 3. The number of nitrogens with zero attached hydrogens (tertiary/aromatic N) is 4. The smallest absolute Gasteiger partial charge is 0.297 e. The van der Waals surface area contributed by atoms with E-state index in [0.29, 0.717) is 24.7 Å². The van der Waals surface area contributed by atoms with Gasteiger partial charge < -0.3 is 9.47 Å². The van der Waals surface area contributed by atoms with Gasteiger partial charge in [0.05, 0.1) is 35.4 Å². The third-order valence-electron chi connectivity index (χ3n) is 4.44. The maximum absolute atomic E-state index is 9.08. The number of pyridine rings is 1. The molecule has 0 fully saturated rings. The summed E-state index contributed by atoms with van der Waals surface area (Å²) in [5.74, 6) is 0.725. The summed E-state index contributed by atoms with van der Waals surface area (Å²) in [6.07, 6.45) is 1.64. The van der Waals surface area contributed by atoms with Crippen LogP contribution in [0, 0.1) is 11.3 Å². The van der Waals surface area contributed by atoms with Crippen molar-refractivity contribution in [2.75, 3.05) is 6.61 Å². The summed E-state index contributed by atoms with van der Waals surface area (Å²) in [4.78, 5) is 8.95. The molecule has 1 aromatic carbocycles. The van der Waals surface area contributed by atoms with Gasteiger partial charge in [0.25, 0.3) is 6.01 Å². The number of imidazole rings is 1. The lowest BCUT2D eigenvalue weighted by Gasteiger charge is -2.18. The van der Waals surface area contributed by atoms with Crippen LogP contribution < -0.4 is 9.47 Å². The predicted molar refractivity (Wildman–Crippen MR) is 97.3 cm³/mol. The minimum atomic E-state index is -0.116. The summed E-state index contributed by atoms with van der Waals surface area (Å²) in [6.45, 7) is 7.46. The predicted octanol–water partition coefficient (Wildman–Crippen LogP) is 3.44. The zero-order valence-corrected chi connectivity index (χ0v) is 15.1. The molecule has 0 amide bonds. The van der Waals surface area contributed by atoms with Gasteiger partial charge in [0.1, 0.15) is 12.4 Å². The van der Waals surface area contributed by atoms with Crippen molar-refractivity contribution in [3.05, 3.63) is 47.8 Å². The van der Waals surface area contributed by atoms with E-state index in [9.17, 15) is 0 Å². The van der Waals surface area contributed by atoms with Crippen LogP contribution in [-0.2, 0) is 12.0 Å². The molecule has 0 saturated heterocycles. The highest BCUT2D eigenvalue weighted by molar-refractivity contribution is 5.78. The monoisotopic (exact) mass is 348 g/mol. The summed E-state index contributed by atoms with van der Waals surface area (Å²) in [6, 6.07) is 12.1. The molecular weight excluding hydrogens is 328 g/mol. The second kappa shape index (κ2) is 6.03. The molecule has 26 heavy (non-hydrogen) atoms. The van der Waals surface area contributed by atoms with Crippen LogP contribution in [0.25, 0.3) is 11.0 Å². The molecule has 0 radical (unpaired) electrons. The van der Waals surface area contributed by atoms with Crippen LogP contribution >= 0.6 is 0 Å². The quantitative estimate of drug-likeness (QED) is 0.725. The SMILES string of the molecule is CC(C)(C)c1ccc(OC[C@@H]2Cn3c(nc4ccc(C#N)cc43)O2)cn1. The van der Waals surface area contributed by atoms with Crippen LogP contribution in [0.1, 0.15) is 32.0 Å². The Morgan fingerprint density at radius 1 is 1.31 bits per heavy atom. The highest BCUT2D eigenvalue weighted by Crippen LogP contribution is 2.29. The molecule has 1 atom stereocenters. The summed E-state index contributed by atoms with van der Waals surface area (Å²) in [7, 11) is 0. The van der Waals surface area contributed by atoms with Crippen LogP contribution in [0.2, 0.25) is 0 Å². The van der Waals surface area contributed by atoms with Crippen molar-refractivity contribution in [2.24, 2.45) is 0 Å². The fourth-order valence-corrected chi connectivity index (χ4v) is 3.01. The first-order chi connectivity index (χ1) is 12.4. The number of benzene rings is 1. The first-order valence-corrected chi connectivity index (χ1v) is 8.60. The third kappa shape index (κ3) is 2.97. The first kappa shape index (κ1) is 16.4. The van der Waals surface area contributed by atoms with E-state index in [0.717, 1.165) is 22.5 Å². The van der Waals surface area contributed by atoms with E-state index in [2.05, 4.69) is 36.8 Å². The molecule has 3 aromatic rings. The highest BCUT2D eigenvalue weighted by Gasteiger charge is 2.27. The van der Waals surface area contributed by atoms with Crippen molar-refractivity contribution < 1.29 is 9.47 Å². The van der Waals surface area contributed by atoms with Gasteiger partial charge in [-0.05, 0) is 30.3 Å². The lowest BCUT2D eigenvalue weighted by Crippen LogP contribution is -2.23. The average Bonchev–Trinajstić information content (AvgIpc) is 3.16. The molecule has 2 aromatic heterocycles. The van der Waals surface area contributed by atoms with E-state index in [-0.39, 0.29) is 11.5 Å². The molecule has 0 aliphatic carbocycles. The lowest BCUT2D eigenvalue weighted by molar-refractivity contribution is 0.143. The molecule has 0 saturated carbocycles. The summed E-state index contributed by atoms with van der Waals surface area (Å²) in [5, 5.41) is 9.08. The van der Waals surface area contributed by atoms with Gasteiger partial charge in [0.2, 0.25) is 0 Å². The third-order valence-corrected chi connectivity index (χ3v) is 4.44. The van der Waals surface area contributed by atoms with Crippen LogP contribution in [0.15, 0.2) is 36.5 Å². The van der Waals surface area contributed by atoms with E-state index in [4.69, 9.17) is 14.7 Å². The second-order valence-electron chi connectivity index (χ2n) is 7.50. The van der Waals surface area contributed by atoms with Crippen LogP contribution in [0.4, 0.5) is 0 Å². The van der Waals surface area contributed by atoms with Crippen molar-refractivity contribution >= 4 is 11.0 Å². The van der Waals surface area contributed by atoms with Gasteiger partial charge in [-0.2, -0.15) is 10.2 Å². The number of aromatic nitrogens is 3. The van der Waals surface area contributed by atoms with Gasteiger partial charge in [0, 0.05) is 11.1 Å².